The number of aromatic nitrogens is 1. The monoisotopic (exact) mass is 308 g/mol. The molecule has 2 aromatic rings. The van der Waals surface area contributed by atoms with Crippen LogP contribution in [0.25, 0.3) is 10.2 Å². The molecule has 6 heteroatoms. The van der Waals surface area contributed by atoms with E-state index in [2.05, 4.69) is 10.3 Å². The van der Waals surface area contributed by atoms with Crippen LogP contribution in [0.5, 0.6) is 0 Å². The summed E-state index contributed by atoms with van der Waals surface area (Å²) in [5.74, 6) is -1.18. The van der Waals surface area contributed by atoms with E-state index < -0.39 is 5.97 Å². The Balaban J connectivity index is 1.62. The Hall–Kier alpha value is -1.53. The summed E-state index contributed by atoms with van der Waals surface area (Å²) in [7, 11) is 0. The lowest BCUT2D eigenvalue weighted by molar-refractivity contribution is -0.143. The Morgan fingerprint density at radius 2 is 2.33 bits per heavy atom. The van der Waals surface area contributed by atoms with E-state index in [0.29, 0.717) is 13.0 Å². The molecule has 0 unspecified atom stereocenters. The van der Waals surface area contributed by atoms with Gasteiger partial charge in [0.1, 0.15) is 10.8 Å². The van der Waals surface area contributed by atoms with Crippen molar-refractivity contribution in [2.24, 2.45) is 5.92 Å². The summed E-state index contributed by atoms with van der Waals surface area (Å²) in [4.78, 5) is 15.5. The molecule has 0 saturated heterocycles. The van der Waals surface area contributed by atoms with Crippen LogP contribution in [0.4, 0.5) is 4.39 Å². The third kappa shape index (κ3) is 3.39. The van der Waals surface area contributed by atoms with E-state index in [1.807, 2.05) is 0 Å². The summed E-state index contributed by atoms with van der Waals surface area (Å²) in [6.07, 6.45) is 3.39. The van der Waals surface area contributed by atoms with Crippen LogP contribution < -0.4 is 5.32 Å². The second-order valence-corrected chi connectivity index (χ2v) is 6.61. The molecule has 2 atom stereocenters. The van der Waals surface area contributed by atoms with Gasteiger partial charge in [-0.25, -0.2) is 9.37 Å². The number of fused-ring (bicyclic) bond motifs is 1. The number of carboxylic acid groups (broad SMARTS) is 1. The van der Waals surface area contributed by atoms with Crippen molar-refractivity contribution in [1.29, 1.82) is 0 Å². The summed E-state index contributed by atoms with van der Waals surface area (Å²) < 4.78 is 14.0. The van der Waals surface area contributed by atoms with Crippen molar-refractivity contribution in [1.82, 2.24) is 10.3 Å². The lowest BCUT2D eigenvalue weighted by atomic mass is 9.86. The van der Waals surface area contributed by atoms with Crippen LogP contribution in [0.2, 0.25) is 0 Å². The molecule has 3 rings (SSSR count). The molecule has 0 aliphatic heterocycles. The first-order valence-corrected chi connectivity index (χ1v) is 7.94. The molecule has 1 saturated carbocycles. The molecule has 4 nitrogen and oxygen atoms in total. The van der Waals surface area contributed by atoms with Gasteiger partial charge in [-0.05, 0) is 37.5 Å². The molecule has 1 aromatic heterocycles. The van der Waals surface area contributed by atoms with Gasteiger partial charge >= 0.3 is 5.97 Å². The topological polar surface area (TPSA) is 62.2 Å². The molecule has 1 aliphatic rings. The zero-order chi connectivity index (χ0) is 14.8. The Kier molecular flexibility index (Phi) is 4.17. The second kappa shape index (κ2) is 6.07. The molecule has 1 aromatic carbocycles. The fourth-order valence-corrected chi connectivity index (χ4v) is 3.80. The summed E-state index contributed by atoms with van der Waals surface area (Å²) in [5, 5.41) is 13.4. The van der Waals surface area contributed by atoms with E-state index in [1.54, 1.807) is 6.07 Å². The average Bonchev–Trinajstić information content (AvgIpc) is 2.87. The van der Waals surface area contributed by atoms with Crippen LogP contribution in [-0.2, 0) is 11.3 Å². The maximum Gasteiger partial charge on any atom is 0.306 e. The lowest BCUT2D eigenvalue weighted by Crippen LogP contribution is -2.36. The van der Waals surface area contributed by atoms with E-state index in [0.717, 1.165) is 34.5 Å². The first kappa shape index (κ1) is 14.4. The van der Waals surface area contributed by atoms with Crippen LogP contribution in [0, 0.1) is 11.7 Å². The van der Waals surface area contributed by atoms with Gasteiger partial charge in [-0.1, -0.05) is 6.42 Å². The summed E-state index contributed by atoms with van der Waals surface area (Å²) in [6.45, 7) is 0.609. The van der Waals surface area contributed by atoms with Crippen molar-refractivity contribution in [2.75, 3.05) is 0 Å². The highest BCUT2D eigenvalue weighted by atomic mass is 32.1. The maximum atomic E-state index is 13.1. The quantitative estimate of drug-likeness (QED) is 0.910. The standard InChI is InChI=1S/C15H17FN2O2S/c16-10-4-5-12-13(7-10)21-14(18-12)8-17-11-3-1-2-9(6-11)15(19)20/h4-5,7,9,11,17H,1-3,6,8H2,(H,19,20)/t9-,11+/m1/s1. The second-order valence-electron chi connectivity index (χ2n) is 5.50. The molecular weight excluding hydrogens is 291 g/mol. The predicted octanol–water partition coefficient (Wildman–Crippen LogP) is 3.17. The van der Waals surface area contributed by atoms with Gasteiger partial charge in [0.25, 0.3) is 0 Å². The number of benzene rings is 1. The minimum Gasteiger partial charge on any atom is -0.481 e. The van der Waals surface area contributed by atoms with Crippen LogP contribution in [0.3, 0.4) is 0 Å². The molecule has 1 aliphatic carbocycles. The number of hydrogen-bond donors (Lipinski definition) is 2. The van der Waals surface area contributed by atoms with Crippen LogP contribution in [0.15, 0.2) is 18.2 Å². The van der Waals surface area contributed by atoms with Crippen molar-refractivity contribution in [3.05, 3.63) is 29.0 Å². The average molecular weight is 308 g/mol. The number of carbonyl (C=O) groups is 1. The Labute approximate surface area is 126 Å². The Morgan fingerprint density at radius 3 is 3.14 bits per heavy atom. The van der Waals surface area contributed by atoms with E-state index in [-0.39, 0.29) is 17.8 Å². The Bertz CT molecular complexity index is 658. The number of nitrogens with zero attached hydrogens (tertiary/aromatic N) is 1. The molecule has 1 heterocycles. The zero-order valence-corrected chi connectivity index (χ0v) is 12.3. The maximum absolute atomic E-state index is 13.1. The molecule has 0 amide bonds. The highest BCUT2D eigenvalue weighted by molar-refractivity contribution is 7.18. The number of carboxylic acids is 1. The molecule has 21 heavy (non-hydrogen) atoms. The highest BCUT2D eigenvalue weighted by Gasteiger charge is 2.26. The largest absolute Gasteiger partial charge is 0.481 e. The highest BCUT2D eigenvalue weighted by Crippen LogP contribution is 2.26. The number of nitrogens with one attached hydrogen (secondary N) is 1. The summed E-state index contributed by atoms with van der Waals surface area (Å²) in [5.41, 5.74) is 0.810. The van der Waals surface area contributed by atoms with Crippen molar-refractivity contribution >= 4 is 27.5 Å². The number of rotatable bonds is 4. The number of aliphatic carboxylic acids is 1. The molecule has 1 fully saturated rings. The van der Waals surface area contributed by atoms with Gasteiger partial charge in [-0.15, -0.1) is 11.3 Å². The predicted molar refractivity (Wildman–Crippen MR) is 79.8 cm³/mol. The van der Waals surface area contributed by atoms with Crippen molar-refractivity contribution in [3.63, 3.8) is 0 Å². The number of halogens is 1. The first-order chi connectivity index (χ1) is 10.1. The minimum atomic E-state index is -0.697. The third-order valence-electron chi connectivity index (χ3n) is 3.96. The third-order valence-corrected chi connectivity index (χ3v) is 4.98. The summed E-state index contributed by atoms with van der Waals surface area (Å²) in [6, 6.07) is 4.82. The van der Waals surface area contributed by atoms with Gasteiger partial charge in [0, 0.05) is 12.6 Å². The van der Waals surface area contributed by atoms with E-state index in [1.165, 1.54) is 23.5 Å². The van der Waals surface area contributed by atoms with Gasteiger partial charge < -0.3 is 10.4 Å². The van der Waals surface area contributed by atoms with Crippen LogP contribution in [0.1, 0.15) is 30.7 Å². The molecular formula is C15H17FN2O2S. The SMILES string of the molecule is O=C(O)[C@@H]1CCC[C@H](NCc2nc3ccc(F)cc3s2)C1. The van der Waals surface area contributed by atoms with Crippen molar-refractivity contribution in [2.45, 2.75) is 38.3 Å². The van der Waals surface area contributed by atoms with Crippen LogP contribution >= 0.6 is 11.3 Å². The zero-order valence-electron chi connectivity index (χ0n) is 11.5. The molecule has 112 valence electrons. The molecule has 0 bridgehead atoms. The lowest BCUT2D eigenvalue weighted by Gasteiger charge is -2.27. The van der Waals surface area contributed by atoms with E-state index >= 15 is 0 Å². The normalized spacial score (nSPS) is 22.5. The fourth-order valence-electron chi connectivity index (χ4n) is 2.85. The van der Waals surface area contributed by atoms with E-state index in [9.17, 15) is 9.18 Å². The van der Waals surface area contributed by atoms with Gasteiger partial charge in [0.2, 0.25) is 0 Å². The number of hydrogen-bond acceptors (Lipinski definition) is 4. The van der Waals surface area contributed by atoms with Crippen molar-refractivity contribution < 1.29 is 14.3 Å². The Morgan fingerprint density at radius 1 is 1.48 bits per heavy atom. The van der Waals surface area contributed by atoms with Crippen molar-refractivity contribution in [3.8, 4) is 0 Å². The van der Waals surface area contributed by atoms with Gasteiger partial charge in [0.05, 0.1) is 16.1 Å². The van der Waals surface area contributed by atoms with Gasteiger partial charge in [-0.2, -0.15) is 0 Å². The molecule has 0 radical (unpaired) electrons. The number of thiazole rings is 1. The summed E-state index contributed by atoms with van der Waals surface area (Å²) >= 11 is 1.48. The van der Waals surface area contributed by atoms with Gasteiger partial charge in [0.15, 0.2) is 0 Å². The smallest absolute Gasteiger partial charge is 0.306 e. The first-order valence-electron chi connectivity index (χ1n) is 7.13. The van der Waals surface area contributed by atoms with Crippen LogP contribution in [-0.4, -0.2) is 22.1 Å². The molecule has 0 spiro atoms. The fraction of sp³-hybridized carbons (Fsp3) is 0.467. The minimum absolute atomic E-state index is 0.226. The van der Waals surface area contributed by atoms with E-state index in [4.69, 9.17) is 5.11 Å². The van der Waals surface area contributed by atoms with Gasteiger partial charge in [-0.3, -0.25) is 4.79 Å². The molecule has 2 N–H and O–H groups in total.